The predicted molar refractivity (Wildman–Crippen MR) is 120 cm³/mol. The molecule has 2 N–H and O–H groups in total. The van der Waals surface area contributed by atoms with E-state index in [4.69, 9.17) is 16.3 Å². The van der Waals surface area contributed by atoms with E-state index >= 15 is 0 Å². The lowest BCUT2D eigenvalue weighted by Crippen LogP contribution is -2.62. The van der Waals surface area contributed by atoms with E-state index in [0.717, 1.165) is 37.7 Å². The molecule has 1 saturated carbocycles. The van der Waals surface area contributed by atoms with Crippen LogP contribution in [0.3, 0.4) is 0 Å². The molecule has 2 aromatic rings. The van der Waals surface area contributed by atoms with Gasteiger partial charge in [-0.25, -0.2) is 0 Å². The van der Waals surface area contributed by atoms with Gasteiger partial charge in [0.25, 0.3) is 5.91 Å². The van der Waals surface area contributed by atoms with Gasteiger partial charge in [0.1, 0.15) is 5.75 Å². The Kier molecular flexibility index (Phi) is 6.21. The van der Waals surface area contributed by atoms with E-state index in [1.54, 1.807) is 19.2 Å². The number of aromatic hydroxyl groups is 1. The Labute approximate surface area is 187 Å². The average molecular weight is 443 g/mol. The van der Waals surface area contributed by atoms with Crippen LogP contribution >= 0.6 is 11.6 Å². The maximum atomic E-state index is 13.8. The molecule has 0 bridgehead atoms. The summed E-state index contributed by atoms with van der Waals surface area (Å²) in [4.78, 5) is 29.1. The van der Waals surface area contributed by atoms with Crippen LogP contribution in [0.2, 0.25) is 5.02 Å². The summed E-state index contributed by atoms with van der Waals surface area (Å²) in [7, 11) is 1.61. The molecular formula is C24H27ClN2O4. The monoisotopic (exact) mass is 442 g/mol. The summed E-state index contributed by atoms with van der Waals surface area (Å²) in [6.07, 6.45) is 4.47. The number of rotatable bonds is 5. The Hall–Kier alpha value is -2.57. The number of hydrogen-bond acceptors (Lipinski definition) is 4. The van der Waals surface area contributed by atoms with Gasteiger partial charge in [0.05, 0.1) is 23.8 Å². The maximum Gasteiger partial charge on any atom is 0.254 e. The van der Waals surface area contributed by atoms with Crippen molar-refractivity contribution in [2.75, 3.05) is 25.6 Å². The van der Waals surface area contributed by atoms with Crippen molar-refractivity contribution in [3.8, 4) is 5.75 Å². The number of nitrogens with one attached hydrogen (secondary N) is 1. The molecule has 7 heteroatoms. The van der Waals surface area contributed by atoms with Crippen LogP contribution in [0.4, 0.5) is 5.69 Å². The molecule has 2 aromatic carbocycles. The summed E-state index contributed by atoms with van der Waals surface area (Å²) < 4.78 is 5.29. The molecule has 1 fully saturated rings. The van der Waals surface area contributed by atoms with E-state index in [0.29, 0.717) is 23.7 Å². The highest BCUT2D eigenvalue weighted by Crippen LogP contribution is 2.49. The molecule has 1 aliphatic heterocycles. The van der Waals surface area contributed by atoms with Crippen molar-refractivity contribution in [3.05, 3.63) is 58.6 Å². The molecule has 6 nitrogen and oxygen atoms in total. The molecule has 164 valence electrons. The van der Waals surface area contributed by atoms with Gasteiger partial charge in [-0.3, -0.25) is 9.59 Å². The van der Waals surface area contributed by atoms with Gasteiger partial charge in [-0.05, 0) is 42.7 Å². The van der Waals surface area contributed by atoms with E-state index in [-0.39, 0.29) is 23.3 Å². The van der Waals surface area contributed by atoms with Gasteiger partial charge in [0.2, 0.25) is 5.91 Å². The van der Waals surface area contributed by atoms with Crippen LogP contribution in [-0.4, -0.2) is 47.6 Å². The first-order valence-corrected chi connectivity index (χ1v) is 11.0. The first-order valence-electron chi connectivity index (χ1n) is 10.7. The molecule has 1 heterocycles. The number of carbonyl (C=O) groups excluding carboxylic acids is 2. The summed E-state index contributed by atoms with van der Waals surface area (Å²) >= 11 is 6.08. The molecule has 2 aliphatic rings. The minimum absolute atomic E-state index is 0.0492. The zero-order valence-corrected chi connectivity index (χ0v) is 18.3. The van der Waals surface area contributed by atoms with E-state index in [1.165, 1.54) is 12.1 Å². The second-order valence-corrected chi connectivity index (χ2v) is 8.72. The molecule has 4 rings (SSSR count). The van der Waals surface area contributed by atoms with Crippen molar-refractivity contribution < 1.29 is 19.4 Å². The summed E-state index contributed by atoms with van der Waals surface area (Å²) in [5.74, 6) is -0.908. The van der Waals surface area contributed by atoms with Crippen molar-refractivity contribution in [1.29, 1.82) is 0 Å². The molecule has 0 radical (unpaired) electrons. The number of hydrogen-bond donors (Lipinski definition) is 2. The Morgan fingerprint density at radius 1 is 1.23 bits per heavy atom. The zero-order valence-electron chi connectivity index (χ0n) is 17.6. The van der Waals surface area contributed by atoms with Gasteiger partial charge in [-0.2, -0.15) is 0 Å². The molecule has 0 saturated heterocycles. The number of nitrogens with zero attached hydrogens (tertiary/aromatic N) is 1. The Balaban J connectivity index is 1.81. The number of methoxy groups -OCH3 is 1. The molecule has 0 unspecified atom stereocenters. The predicted octanol–water partition coefficient (Wildman–Crippen LogP) is 4.57. The van der Waals surface area contributed by atoms with E-state index < -0.39 is 11.5 Å². The molecule has 1 atom stereocenters. The topological polar surface area (TPSA) is 78.9 Å². The fraction of sp³-hybridized carbons (Fsp3) is 0.417. The van der Waals surface area contributed by atoms with Crippen molar-refractivity contribution in [2.45, 2.75) is 43.6 Å². The largest absolute Gasteiger partial charge is 0.506 e. The third-order valence-corrected chi connectivity index (χ3v) is 6.77. The van der Waals surface area contributed by atoms with Crippen LogP contribution in [0, 0.1) is 0 Å². The molecule has 1 spiro atoms. The number of benzene rings is 2. The summed E-state index contributed by atoms with van der Waals surface area (Å²) in [6.45, 7) is 0.828. The van der Waals surface area contributed by atoms with Crippen molar-refractivity contribution in [2.24, 2.45) is 0 Å². The van der Waals surface area contributed by atoms with E-state index in [1.807, 2.05) is 23.1 Å². The number of ether oxygens (including phenoxy) is 1. The van der Waals surface area contributed by atoms with Gasteiger partial charge in [0, 0.05) is 24.2 Å². The van der Waals surface area contributed by atoms with Gasteiger partial charge < -0.3 is 20.1 Å². The zero-order chi connectivity index (χ0) is 22.0. The summed E-state index contributed by atoms with van der Waals surface area (Å²) in [5.41, 5.74) is 0.925. The molecule has 0 aromatic heterocycles. The normalized spacial score (nSPS) is 19.9. The van der Waals surface area contributed by atoms with E-state index in [2.05, 4.69) is 5.32 Å². The Morgan fingerprint density at radius 3 is 2.71 bits per heavy atom. The first kappa shape index (κ1) is 21.7. The van der Waals surface area contributed by atoms with Crippen LogP contribution in [0.5, 0.6) is 5.75 Å². The number of amides is 2. The highest BCUT2D eigenvalue weighted by molar-refractivity contribution is 6.31. The number of phenolic OH excluding ortho intramolecular Hbond substituents is 1. The van der Waals surface area contributed by atoms with Crippen molar-refractivity contribution in [3.63, 3.8) is 0 Å². The van der Waals surface area contributed by atoms with Gasteiger partial charge in [-0.1, -0.05) is 49.1 Å². The number of fused-ring (bicyclic) bond motifs is 1. The minimum Gasteiger partial charge on any atom is -0.506 e. The van der Waals surface area contributed by atoms with Crippen LogP contribution in [-0.2, 0) is 9.53 Å². The fourth-order valence-corrected chi connectivity index (χ4v) is 5.34. The molecule has 2 amide bonds. The molecular weight excluding hydrogens is 416 g/mol. The number of anilines is 1. The van der Waals surface area contributed by atoms with Gasteiger partial charge in [-0.15, -0.1) is 0 Å². The van der Waals surface area contributed by atoms with Crippen molar-refractivity contribution >= 4 is 29.1 Å². The Bertz CT molecular complexity index is 987. The summed E-state index contributed by atoms with van der Waals surface area (Å²) in [6, 6.07) is 11.9. The lowest BCUT2D eigenvalue weighted by atomic mass is 9.65. The molecule has 31 heavy (non-hydrogen) atoms. The standard InChI is InChI=1S/C24H27ClN2O4/c1-31-14-13-27-23(30)18-8-4-3-7-17(18)21(24(27)11-5-2-6-12-24)22(29)26-19-15-16(25)9-10-20(19)28/h3-4,7-10,15,21,28H,2,5-6,11-14H2,1H3,(H,26,29)/t21-/m0/s1. The first-order chi connectivity index (χ1) is 15.0. The molecule has 1 aliphatic carbocycles. The average Bonchev–Trinajstić information content (AvgIpc) is 2.77. The number of carbonyl (C=O) groups is 2. The highest BCUT2D eigenvalue weighted by Gasteiger charge is 2.54. The van der Waals surface area contributed by atoms with Gasteiger partial charge >= 0.3 is 0 Å². The van der Waals surface area contributed by atoms with E-state index in [9.17, 15) is 14.7 Å². The Morgan fingerprint density at radius 2 is 1.97 bits per heavy atom. The lowest BCUT2D eigenvalue weighted by molar-refractivity contribution is -0.122. The summed E-state index contributed by atoms with van der Waals surface area (Å²) in [5, 5.41) is 13.5. The number of halogens is 1. The second-order valence-electron chi connectivity index (χ2n) is 8.28. The fourth-order valence-electron chi connectivity index (χ4n) is 5.16. The van der Waals surface area contributed by atoms with Crippen LogP contribution in [0.1, 0.15) is 53.9 Å². The van der Waals surface area contributed by atoms with Crippen LogP contribution < -0.4 is 5.32 Å². The minimum atomic E-state index is -0.625. The maximum absolute atomic E-state index is 13.8. The smallest absolute Gasteiger partial charge is 0.254 e. The van der Waals surface area contributed by atoms with Crippen LogP contribution in [0.15, 0.2) is 42.5 Å². The quantitative estimate of drug-likeness (QED) is 0.664. The lowest BCUT2D eigenvalue weighted by Gasteiger charge is -2.53. The SMILES string of the molecule is COCCN1C(=O)c2ccccc2[C@@H](C(=O)Nc2cc(Cl)ccc2O)C12CCCCC2. The number of phenols is 1. The van der Waals surface area contributed by atoms with Crippen molar-refractivity contribution in [1.82, 2.24) is 4.90 Å². The third-order valence-electron chi connectivity index (χ3n) is 6.54. The van der Waals surface area contributed by atoms with Crippen LogP contribution in [0.25, 0.3) is 0 Å². The second kappa shape index (κ2) is 8.89. The third kappa shape index (κ3) is 3.90. The van der Waals surface area contributed by atoms with Gasteiger partial charge in [0.15, 0.2) is 0 Å². The highest BCUT2D eigenvalue weighted by atomic mass is 35.5.